The van der Waals surface area contributed by atoms with Crippen LogP contribution in [0.25, 0.3) is 12.2 Å². The fourth-order valence-corrected chi connectivity index (χ4v) is 2.48. The van der Waals surface area contributed by atoms with E-state index >= 15 is 0 Å². The normalized spacial score (nSPS) is 10.2. The molecule has 0 bridgehead atoms. The average Bonchev–Trinajstić information content (AvgIpc) is 2.45. The number of benzene rings is 2. The van der Waals surface area contributed by atoms with E-state index in [1.807, 2.05) is 12.2 Å². The summed E-state index contributed by atoms with van der Waals surface area (Å²) in [6, 6.07) is 14.9. The fourth-order valence-electron chi connectivity index (χ4n) is 2.48. The molecule has 0 nitrogen and oxygen atoms in total. The second-order valence-corrected chi connectivity index (χ2v) is 4.75. The summed E-state index contributed by atoms with van der Waals surface area (Å²) < 4.78 is 0. The van der Waals surface area contributed by atoms with Crippen LogP contribution >= 0.6 is 0 Å². The van der Waals surface area contributed by atoms with E-state index in [-0.39, 0.29) is 0 Å². The van der Waals surface area contributed by atoms with E-state index in [9.17, 15) is 0 Å². The zero-order valence-electron chi connectivity index (χ0n) is 11.5. The second kappa shape index (κ2) is 6.19. The Kier molecular flexibility index (Phi) is 4.35. The number of rotatable bonds is 5. The zero-order valence-corrected chi connectivity index (χ0v) is 11.5. The van der Waals surface area contributed by atoms with Crippen LogP contribution in [0.3, 0.4) is 0 Å². The summed E-state index contributed by atoms with van der Waals surface area (Å²) in [6.07, 6.45) is 5.96. The summed E-state index contributed by atoms with van der Waals surface area (Å²) >= 11 is 0. The smallest absolute Gasteiger partial charge is 0.0201 e. The highest BCUT2D eigenvalue weighted by Crippen LogP contribution is 2.19. The minimum absolute atomic E-state index is 1.03. The van der Waals surface area contributed by atoms with Gasteiger partial charge in [0.15, 0.2) is 0 Å². The molecule has 0 spiro atoms. The van der Waals surface area contributed by atoms with Gasteiger partial charge in [-0.2, -0.15) is 0 Å². The Hall–Kier alpha value is -2.08. The molecule has 0 unspecified atom stereocenters. The van der Waals surface area contributed by atoms with E-state index in [2.05, 4.69) is 62.5 Å². The predicted octanol–water partition coefficient (Wildman–Crippen LogP) is 5.07. The molecular formula is C19H20. The Labute approximate surface area is 116 Å². The molecule has 0 atom stereocenters. The third-order valence-corrected chi connectivity index (χ3v) is 3.56. The number of hydrogen-bond donors (Lipinski definition) is 0. The summed E-state index contributed by atoms with van der Waals surface area (Å²) in [5, 5.41) is 0. The second-order valence-electron chi connectivity index (χ2n) is 4.75. The first-order valence-electron chi connectivity index (χ1n) is 6.67. The van der Waals surface area contributed by atoms with Gasteiger partial charge in [-0.05, 0) is 47.6 Å². The Morgan fingerprint density at radius 3 is 2.26 bits per heavy atom. The van der Waals surface area contributed by atoms with Crippen LogP contribution in [0, 0.1) is 6.92 Å². The van der Waals surface area contributed by atoms with Crippen molar-refractivity contribution in [2.24, 2.45) is 0 Å². The molecule has 0 aliphatic heterocycles. The maximum absolute atomic E-state index is 3.92. The van der Waals surface area contributed by atoms with Crippen molar-refractivity contribution < 1.29 is 0 Å². The third kappa shape index (κ3) is 3.03. The third-order valence-electron chi connectivity index (χ3n) is 3.56. The van der Waals surface area contributed by atoms with Crippen molar-refractivity contribution in [3.05, 3.63) is 83.4 Å². The van der Waals surface area contributed by atoms with E-state index in [1.165, 1.54) is 27.8 Å². The Balaban J connectivity index is 2.21. The van der Waals surface area contributed by atoms with Crippen molar-refractivity contribution in [2.45, 2.75) is 19.8 Å². The van der Waals surface area contributed by atoms with Crippen molar-refractivity contribution in [1.29, 1.82) is 0 Å². The van der Waals surface area contributed by atoms with Gasteiger partial charge in [-0.25, -0.2) is 0 Å². The maximum Gasteiger partial charge on any atom is -0.0201 e. The lowest BCUT2D eigenvalue weighted by Gasteiger charge is -2.10. The highest BCUT2D eigenvalue weighted by Gasteiger charge is 2.04. The monoisotopic (exact) mass is 248 g/mol. The van der Waals surface area contributed by atoms with Gasteiger partial charge in [-0.1, -0.05) is 67.8 Å². The molecule has 2 aromatic rings. The van der Waals surface area contributed by atoms with E-state index < -0.39 is 0 Å². The molecule has 0 radical (unpaired) electrons. The van der Waals surface area contributed by atoms with Crippen LogP contribution in [-0.2, 0) is 12.8 Å². The Morgan fingerprint density at radius 1 is 0.842 bits per heavy atom. The molecule has 0 saturated carbocycles. The molecule has 0 aliphatic carbocycles. The molecule has 96 valence electrons. The molecule has 2 aromatic carbocycles. The molecule has 0 saturated heterocycles. The predicted molar refractivity (Wildman–Crippen MR) is 85.2 cm³/mol. The van der Waals surface area contributed by atoms with Crippen LogP contribution in [0.15, 0.2) is 55.6 Å². The minimum atomic E-state index is 1.03. The van der Waals surface area contributed by atoms with Crippen LogP contribution in [0.4, 0.5) is 0 Å². The summed E-state index contributed by atoms with van der Waals surface area (Å²) in [5.41, 5.74) is 6.53. The SMILES string of the molecule is C=Cc1ccccc1CCc1cccc(C)c1C=C. The van der Waals surface area contributed by atoms with E-state index in [0.717, 1.165) is 12.8 Å². The molecule has 2 rings (SSSR count). The van der Waals surface area contributed by atoms with Gasteiger partial charge in [0.05, 0.1) is 0 Å². The molecule has 0 heterocycles. The number of aryl methyl sites for hydroxylation is 3. The summed E-state index contributed by atoms with van der Waals surface area (Å²) in [7, 11) is 0. The van der Waals surface area contributed by atoms with Gasteiger partial charge >= 0.3 is 0 Å². The first-order valence-corrected chi connectivity index (χ1v) is 6.67. The minimum Gasteiger partial charge on any atom is -0.0985 e. The largest absolute Gasteiger partial charge is 0.0985 e. The van der Waals surface area contributed by atoms with Crippen molar-refractivity contribution in [2.75, 3.05) is 0 Å². The highest BCUT2D eigenvalue weighted by atomic mass is 14.1. The topological polar surface area (TPSA) is 0 Å². The van der Waals surface area contributed by atoms with Gasteiger partial charge in [0.2, 0.25) is 0 Å². The zero-order chi connectivity index (χ0) is 13.7. The lowest BCUT2D eigenvalue weighted by Crippen LogP contribution is -1.97. The van der Waals surface area contributed by atoms with E-state index in [4.69, 9.17) is 0 Å². The van der Waals surface area contributed by atoms with Gasteiger partial charge in [0.25, 0.3) is 0 Å². The lowest BCUT2D eigenvalue weighted by atomic mass is 9.95. The maximum atomic E-state index is 3.92. The van der Waals surface area contributed by atoms with Gasteiger partial charge in [0.1, 0.15) is 0 Å². The van der Waals surface area contributed by atoms with Crippen molar-refractivity contribution in [1.82, 2.24) is 0 Å². The molecule has 0 aromatic heterocycles. The standard InChI is InChI=1S/C19H20/c1-4-16-10-6-7-11-17(16)13-14-18-12-8-9-15(3)19(18)5-2/h4-12H,1-2,13-14H2,3H3. The summed E-state index contributed by atoms with van der Waals surface area (Å²) in [5.74, 6) is 0. The first kappa shape index (κ1) is 13.4. The lowest BCUT2D eigenvalue weighted by molar-refractivity contribution is 0.952. The van der Waals surface area contributed by atoms with Gasteiger partial charge in [0, 0.05) is 0 Å². The van der Waals surface area contributed by atoms with Gasteiger partial charge in [-0.3, -0.25) is 0 Å². The van der Waals surface area contributed by atoms with Gasteiger partial charge < -0.3 is 0 Å². The molecule has 0 N–H and O–H groups in total. The van der Waals surface area contributed by atoms with E-state index in [0.29, 0.717) is 0 Å². The summed E-state index contributed by atoms with van der Waals surface area (Å²) in [4.78, 5) is 0. The average molecular weight is 248 g/mol. The molecule has 0 heteroatoms. The van der Waals surface area contributed by atoms with Gasteiger partial charge in [-0.15, -0.1) is 0 Å². The van der Waals surface area contributed by atoms with Crippen molar-refractivity contribution in [3.8, 4) is 0 Å². The van der Waals surface area contributed by atoms with E-state index in [1.54, 1.807) is 0 Å². The Morgan fingerprint density at radius 2 is 1.53 bits per heavy atom. The number of hydrogen-bond acceptors (Lipinski definition) is 0. The molecule has 0 amide bonds. The fraction of sp³-hybridized carbons (Fsp3) is 0.158. The molecule has 19 heavy (non-hydrogen) atoms. The summed E-state index contributed by atoms with van der Waals surface area (Å²) in [6.45, 7) is 9.94. The molecule has 0 aliphatic rings. The van der Waals surface area contributed by atoms with Crippen molar-refractivity contribution >= 4 is 12.2 Å². The molecule has 0 fully saturated rings. The van der Waals surface area contributed by atoms with Crippen LogP contribution in [-0.4, -0.2) is 0 Å². The van der Waals surface area contributed by atoms with Crippen molar-refractivity contribution in [3.63, 3.8) is 0 Å². The molecular weight excluding hydrogens is 228 g/mol. The first-order chi connectivity index (χ1) is 9.26. The Bertz CT molecular complexity index is 591. The van der Waals surface area contributed by atoms with Crippen LogP contribution < -0.4 is 0 Å². The highest BCUT2D eigenvalue weighted by molar-refractivity contribution is 5.57. The van der Waals surface area contributed by atoms with Crippen LogP contribution in [0.5, 0.6) is 0 Å². The van der Waals surface area contributed by atoms with Crippen LogP contribution in [0.1, 0.15) is 27.8 Å². The quantitative estimate of drug-likeness (QED) is 0.693. The van der Waals surface area contributed by atoms with Crippen LogP contribution in [0.2, 0.25) is 0 Å².